The highest BCUT2D eigenvalue weighted by molar-refractivity contribution is 6.30. The van der Waals surface area contributed by atoms with Crippen LogP contribution in [0.2, 0.25) is 5.02 Å². The average molecular weight is 592 g/mol. The minimum Gasteiger partial charge on any atom is -0.379 e. The second-order valence-corrected chi connectivity index (χ2v) is 13.1. The molecule has 41 heavy (non-hydrogen) atoms. The molecule has 6 nitrogen and oxygen atoms in total. The highest BCUT2D eigenvalue weighted by Crippen LogP contribution is 2.60. The molecule has 1 N–H and O–H groups in total. The summed E-state index contributed by atoms with van der Waals surface area (Å²) in [5, 5.41) is 2.62. The molecule has 2 aromatic carbocycles. The van der Waals surface area contributed by atoms with E-state index in [0.717, 1.165) is 25.2 Å². The number of likely N-dealkylation sites (tertiary alicyclic amines) is 1. The fourth-order valence-corrected chi connectivity index (χ4v) is 7.29. The van der Waals surface area contributed by atoms with Gasteiger partial charge in [-0.1, -0.05) is 44.5 Å². The second kappa shape index (κ2) is 11.3. The van der Waals surface area contributed by atoms with Gasteiger partial charge in [-0.15, -0.1) is 0 Å². The number of nitrogens with zero attached hydrogens (tertiary/aromatic N) is 2. The Morgan fingerprint density at radius 2 is 1.83 bits per heavy atom. The lowest BCUT2D eigenvalue weighted by Gasteiger charge is -2.39. The van der Waals surface area contributed by atoms with Crippen LogP contribution in [0.3, 0.4) is 0 Å². The highest BCUT2D eigenvalue weighted by Gasteiger charge is 2.68. The number of halogens is 4. The first-order valence-electron chi connectivity index (χ1n) is 14.2. The third-order valence-electron chi connectivity index (χ3n) is 8.85. The zero-order chi connectivity index (χ0) is 29.7. The van der Waals surface area contributed by atoms with Crippen molar-refractivity contribution in [3.8, 4) is 0 Å². The minimum absolute atomic E-state index is 0.111. The molecule has 0 bridgehead atoms. The molecule has 0 aliphatic carbocycles. The van der Waals surface area contributed by atoms with Crippen LogP contribution in [0.4, 0.5) is 18.9 Å². The van der Waals surface area contributed by atoms with Crippen LogP contribution in [-0.2, 0) is 19.7 Å². The SMILES string of the molecule is CN1[C@@H](C(=O)CCCN2CCOCC2)[C@H](c2cccc(Cl)c2F)[C@@]2(C(=O)Nc3cc(F)c(F)cc32)[C@H]1CC(C)(C)C. The molecule has 2 fully saturated rings. The van der Waals surface area contributed by atoms with Gasteiger partial charge in [0.05, 0.1) is 24.3 Å². The molecule has 0 aromatic heterocycles. The molecule has 3 aliphatic heterocycles. The van der Waals surface area contributed by atoms with Crippen molar-refractivity contribution in [2.45, 2.75) is 63.5 Å². The van der Waals surface area contributed by atoms with Gasteiger partial charge in [-0.2, -0.15) is 0 Å². The van der Waals surface area contributed by atoms with Crippen molar-refractivity contribution in [1.82, 2.24) is 9.80 Å². The second-order valence-electron chi connectivity index (χ2n) is 12.7. The van der Waals surface area contributed by atoms with E-state index in [2.05, 4.69) is 10.2 Å². The first kappa shape index (κ1) is 30.0. The van der Waals surface area contributed by atoms with Crippen molar-refractivity contribution < 1.29 is 27.5 Å². The van der Waals surface area contributed by atoms with E-state index >= 15 is 4.39 Å². The first-order chi connectivity index (χ1) is 19.4. The number of morpholine rings is 1. The van der Waals surface area contributed by atoms with E-state index in [9.17, 15) is 18.4 Å². The van der Waals surface area contributed by atoms with Crippen LogP contribution in [0.1, 0.15) is 57.1 Å². The standard InChI is InChI=1S/C31H37ClF3N3O3/c1-30(2,3)17-25-31(19-15-21(33)22(34)16-23(19)36-29(31)40)26(18-7-5-8-20(32)27(18)35)28(37(25)4)24(39)9-6-10-38-11-13-41-14-12-38/h5,7-8,15-16,25-26,28H,6,9-14,17H2,1-4H3,(H,36,40)/t25-,26+,28+,31+/m1/s1. The maximum atomic E-state index is 15.9. The number of ketones is 1. The van der Waals surface area contributed by atoms with Crippen LogP contribution in [-0.4, -0.2) is 73.5 Å². The maximum Gasteiger partial charge on any atom is 0.237 e. The molecule has 0 unspecified atom stereocenters. The lowest BCUT2D eigenvalue weighted by Crippen LogP contribution is -2.50. The zero-order valence-corrected chi connectivity index (χ0v) is 24.7. The molecule has 0 saturated carbocycles. The van der Waals surface area contributed by atoms with Gasteiger partial charge in [-0.25, -0.2) is 13.2 Å². The summed E-state index contributed by atoms with van der Waals surface area (Å²) in [4.78, 5) is 32.5. The van der Waals surface area contributed by atoms with Crippen LogP contribution in [0, 0.1) is 22.9 Å². The summed E-state index contributed by atoms with van der Waals surface area (Å²) >= 11 is 6.25. The van der Waals surface area contributed by atoms with Crippen LogP contribution < -0.4 is 5.32 Å². The van der Waals surface area contributed by atoms with Gasteiger partial charge in [0.2, 0.25) is 5.91 Å². The molecular formula is C31H37ClF3N3O3. The van der Waals surface area contributed by atoms with Gasteiger partial charge in [0, 0.05) is 43.2 Å². The van der Waals surface area contributed by atoms with Crippen molar-refractivity contribution in [2.24, 2.45) is 5.41 Å². The predicted molar refractivity (Wildman–Crippen MR) is 152 cm³/mol. The number of amides is 1. The molecule has 1 amide bonds. The van der Waals surface area contributed by atoms with Crippen LogP contribution >= 0.6 is 11.6 Å². The smallest absolute Gasteiger partial charge is 0.237 e. The zero-order valence-electron chi connectivity index (χ0n) is 23.9. The van der Waals surface area contributed by atoms with Gasteiger partial charge >= 0.3 is 0 Å². The van der Waals surface area contributed by atoms with Gasteiger partial charge in [0.25, 0.3) is 0 Å². The molecule has 3 heterocycles. The molecule has 1 spiro atoms. The third-order valence-corrected chi connectivity index (χ3v) is 9.14. The van der Waals surface area contributed by atoms with Crippen LogP contribution in [0.25, 0.3) is 0 Å². The third kappa shape index (κ3) is 5.31. The van der Waals surface area contributed by atoms with Crippen molar-refractivity contribution in [3.05, 3.63) is 63.9 Å². The minimum atomic E-state index is -1.57. The number of anilines is 1. The number of hydrogen-bond acceptors (Lipinski definition) is 5. The normalized spacial score (nSPS) is 26.9. The van der Waals surface area contributed by atoms with Crippen molar-refractivity contribution in [1.29, 1.82) is 0 Å². The summed E-state index contributed by atoms with van der Waals surface area (Å²) < 4.78 is 50.6. The van der Waals surface area contributed by atoms with E-state index in [0.29, 0.717) is 32.6 Å². The molecule has 4 atom stereocenters. The van der Waals surface area contributed by atoms with Crippen molar-refractivity contribution in [2.75, 3.05) is 45.2 Å². The van der Waals surface area contributed by atoms with E-state index in [4.69, 9.17) is 16.3 Å². The number of carbonyl (C=O) groups excluding carboxylic acids is 2. The van der Waals surface area contributed by atoms with Crippen molar-refractivity contribution >= 4 is 29.0 Å². The Morgan fingerprint density at radius 1 is 1.15 bits per heavy atom. The molecular weight excluding hydrogens is 555 g/mol. The lowest BCUT2D eigenvalue weighted by molar-refractivity contribution is -0.124. The lowest BCUT2D eigenvalue weighted by atomic mass is 9.62. The summed E-state index contributed by atoms with van der Waals surface area (Å²) in [7, 11) is 1.77. The molecule has 5 rings (SSSR count). The average Bonchev–Trinajstić information content (AvgIpc) is 3.32. The van der Waals surface area contributed by atoms with Gasteiger partial charge in [-0.3, -0.25) is 19.4 Å². The quantitative estimate of drug-likeness (QED) is 0.459. The molecule has 2 aromatic rings. The number of rotatable bonds is 7. The van der Waals surface area contributed by atoms with E-state index in [1.54, 1.807) is 19.2 Å². The number of fused-ring (bicyclic) bond motifs is 2. The number of ether oxygens (including phenoxy) is 1. The number of benzene rings is 2. The summed E-state index contributed by atoms with van der Waals surface area (Å²) in [6, 6.07) is 5.02. The number of hydrogen-bond donors (Lipinski definition) is 1. The molecule has 222 valence electrons. The summed E-state index contributed by atoms with van der Waals surface area (Å²) in [6.45, 7) is 9.65. The molecule has 3 aliphatic rings. The van der Waals surface area contributed by atoms with Crippen LogP contribution in [0.5, 0.6) is 0 Å². The maximum absolute atomic E-state index is 15.9. The van der Waals surface area contributed by atoms with Crippen molar-refractivity contribution in [3.63, 3.8) is 0 Å². The Morgan fingerprint density at radius 3 is 2.51 bits per heavy atom. The fourth-order valence-electron chi connectivity index (χ4n) is 7.11. The van der Waals surface area contributed by atoms with Gasteiger partial charge in [-0.05, 0) is 55.1 Å². The Bertz CT molecular complexity index is 1340. The number of nitrogens with one attached hydrogen (secondary N) is 1. The summed E-state index contributed by atoms with van der Waals surface area (Å²) in [5.41, 5.74) is -1.41. The molecule has 0 radical (unpaired) electrons. The Balaban J connectivity index is 1.65. The number of likely N-dealkylation sites (N-methyl/N-ethyl adjacent to an activating group) is 1. The summed E-state index contributed by atoms with van der Waals surface area (Å²) in [5.74, 6) is -4.60. The Labute approximate surface area is 244 Å². The van der Waals surface area contributed by atoms with Gasteiger partial charge < -0.3 is 10.1 Å². The topological polar surface area (TPSA) is 61.9 Å². The summed E-state index contributed by atoms with van der Waals surface area (Å²) in [6.07, 6.45) is 1.24. The Kier molecular flexibility index (Phi) is 8.29. The molecule has 10 heteroatoms. The monoisotopic (exact) mass is 591 g/mol. The van der Waals surface area contributed by atoms with Gasteiger partial charge in [0.15, 0.2) is 17.4 Å². The van der Waals surface area contributed by atoms with E-state index < -0.39 is 46.8 Å². The molecule has 2 saturated heterocycles. The van der Waals surface area contributed by atoms with E-state index in [1.165, 1.54) is 6.07 Å². The largest absolute Gasteiger partial charge is 0.379 e. The van der Waals surface area contributed by atoms with E-state index in [1.807, 2.05) is 25.7 Å². The predicted octanol–water partition coefficient (Wildman–Crippen LogP) is 5.53. The fraction of sp³-hybridized carbons (Fsp3) is 0.548. The highest BCUT2D eigenvalue weighted by atomic mass is 35.5. The van der Waals surface area contributed by atoms with Gasteiger partial charge in [0.1, 0.15) is 11.2 Å². The number of carbonyl (C=O) groups is 2. The Hall–Kier alpha value is -2.46. The number of Topliss-reactive ketones (excluding diaryl/α,β-unsaturated/α-hetero) is 1. The van der Waals surface area contributed by atoms with E-state index in [-0.39, 0.29) is 39.5 Å². The van der Waals surface area contributed by atoms with Crippen LogP contribution in [0.15, 0.2) is 30.3 Å². The first-order valence-corrected chi connectivity index (χ1v) is 14.5.